The van der Waals surface area contributed by atoms with Crippen molar-refractivity contribution < 1.29 is 41.0 Å². The van der Waals surface area contributed by atoms with Crippen LogP contribution in [-0.4, -0.2) is 48.3 Å². The molecule has 1 aliphatic carbocycles. The van der Waals surface area contributed by atoms with E-state index in [1.54, 1.807) is 13.8 Å². The van der Waals surface area contributed by atoms with Crippen molar-refractivity contribution >= 4 is 23.6 Å². The summed E-state index contributed by atoms with van der Waals surface area (Å²) < 4.78 is 0. The maximum absolute atomic E-state index is 11.7. The maximum Gasteiger partial charge on any atom is 0.102 e. The minimum absolute atomic E-state index is 0. The van der Waals surface area contributed by atoms with Gasteiger partial charge >= 0.3 is 0 Å². The molecule has 1 aromatic carbocycles. The van der Waals surface area contributed by atoms with Crippen LogP contribution in [0.4, 0.5) is 17.2 Å². The standard InChI is InChI=1S/C25H31N6O2.U/c1-25(2,33)23-12-28-24(13-27-23)31(17-32)15-20-6-4-5-19(9-20)14-30-16-29(3)21-8-7-18(11-26)10-22(21)30;/h7-8,10,12-13,19-20,33H,4-6,9,14-16H2,1-3H3;/q-1;. The van der Waals surface area contributed by atoms with Crippen molar-refractivity contribution in [2.24, 2.45) is 11.8 Å². The molecule has 1 amide bonds. The Balaban J connectivity index is 0.00000324. The molecule has 34 heavy (non-hydrogen) atoms. The molecule has 2 atom stereocenters. The summed E-state index contributed by atoms with van der Waals surface area (Å²) in [6.45, 7) is 5.63. The summed E-state index contributed by atoms with van der Waals surface area (Å²) in [4.78, 5) is 26.4. The molecule has 1 saturated carbocycles. The molecule has 0 bridgehead atoms. The Morgan fingerprint density at radius 1 is 1.24 bits per heavy atom. The van der Waals surface area contributed by atoms with Gasteiger partial charge < -0.3 is 29.6 Å². The van der Waals surface area contributed by atoms with Crippen molar-refractivity contribution in [3.8, 4) is 6.07 Å². The summed E-state index contributed by atoms with van der Waals surface area (Å²) in [5, 5.41) is 19.4. The first-order chi connectivity index (χ1) is 15.8. The van der Waals surface area contributed by atoms with Crippen LogP contribution in [-0.2, 0) is 10.4 Å². The van der Waals surface area contributed by atoms with E-state index in [0.29, 0.717) is 35.5 Å². The summed E-state index contributed by atoms with van der Waals surface area (Å²) in [5.74, 6) is 1.34. The molecule has 1 N–H and O–H groups in total. The fraction of sp³-hybridized carbons (Fsp3) is 0.520. The van der Waals surface area contributed by atoms with Gasteiger partial charge in [0.2, 0.25) is 0 Å². The molecule has 0 saturated heterocycles. The molecule has 2 heterocycles. The van der Waals surface area contributed by atoms with E-state index in [1.807, 2.05) is 24.6 Å². The molecular formula is C25H31N6O2U-. The number of hydrogen-bond donors (Lipinski definition) is 1. The van der Waals surface area contributed by atoms with E-state index in [4.69, 9.17) is 0 Å². The van der Waals surface area contributed by atoms with E-state index in [1.165, 1.54) is 17.3 Å². The molecular weight excluding hydrogens is 654 g/mol. The average Bonchev–Trinajstić information content (AvgIpc) is 3.11. The van der Waals surface area contributed by atoms with Crippen LogP contribution in [0.3, 0.4) is 0 Å². The molecule has 1 aromatic heterocycles. The second kappa shape index (κ2) is 11.1. The Kier molecular flexibility index (Phi) is 8.62. The fourth-order valence-electron chi connectivity index (χ4n) is 4.99. The van der Waals surface area contributed by atoms with Crippen LogP contribution < -0.4 is 14.7 Å². The minimum Gasteiger partial charge on any atom is -0.461 e. The zero-order valence-electron chi connectivity index (χ0n) is 20.0. The number of rotatable bonds is 7. The normalized spacial score (nSPS) is 19.7. The number of hydrogen-bond acceptors (Lipinski definition) is 7. The second-order valence-electron chi connectivity index (χ2n) is 9.80. The van der Waals surface area contributed by atoms with Crippen LogP contribution in [0.5, 0.6) is 0 Å². The number of nitrogens with zero attached hydrogens (tertiary/aromatic N) is 6. The van der Waals surface area contributed by atoms with Gasteiger partial charge in [-0.05, 0) is 75.9 Å². The van der Waals surface area contributed by atoms with Crippen molar-refractivity contribution in [3.05, 3.63) is 41.9 Å². The van der Waals surface area contributed by atoms with E-state index in [-0.39, 0.29) is 31.1 Å². The summed E-state index contributed by atoms with van der Waals surface area (Å²) in [6, 6.07) is 8.13. The van der Waals surface area contributed by atoms with Crippen LogP contribution >= 0.6 is 0 Å². The topological polar surface area (TPSA) is 96.6 Å². The van der Waals surface area contributed by atoms with Crippen molar-refractivity contribution in [1.29, 1.82) is 5.26 Å². The van der Waals surface area contributed by atoms with Gasteiger partial charge in [-0.1, -0.05) is 6.42 Å². The molecule has 4 rings (SSSR count). The number of aromatic nitrogens is 2. The third-order valence-electron chi connectivity index (χ3n) is 6.70. The first kappa shape index (κ1) is 26.5. The molecule has 1 fully saturated rings. The molecule has 0 spiro atoms. The SMILES string of the molecule is CN1CN(CC2CCCC(CN([C-]=O)c3cnc(C(C)(C)O)cn3)C2)c2cc(C#N)ccc21.[U]. The largest absolute Gasteiger partial charge is 0.461 e. The van der Waals surface area contributed by atoms with E-state index in [9.17, 15) is 15.2 Å². The van der Waals surface area contributed by atoms with E-state index in [2.05, 4.69) is 32.9 Å². The van der Waals surface area contributed by atoms with E-state index >= 15 is 0 Å². The molecule has 1 aliphatic heterocycles. The predicted octanol–water partition coefficient (Wildman–Crippen LogP) is 3.17. The van der Waals surface area contributed by atoms with Gasteiger partial charge in [-0.15, -0.1) is 0 Å². The van der Waals surface area contributed by atoms with E-state index in [0.717, 1.165) is 50.3 Å². The Morgan fingerprint density at radius 3 is 2.65 bits per heavy atom. The smallest absolute Gasteiger partial charge is 0.102 e. The van der Waals surface area contributed by atoms with Gasteiger partial charge in [0.1, 0.15) is 5.60 Å². The van der Waals surface area contributed by atoms with Gasteiger partial charge in [-0.25, -0.2) is 0 Å². The maximum atomic E-state index is 11.7. The first-order valence-corrected chi connectivity index (χ1v) is 11.5. The number of fused-ring (bicyclic) bond motifs is 1. The number of benzene rings is 1. The van der Waals surface area contributed by atoms with Crippen molar-refractivity contribution in [1.82, 2.24) is 9.97 Å². The zero-order valence-corrected chi connectivity index (χ0v) is 24.2. The van der Waals surface area contributed by atoms with Crippen LogP contribution in [0.2, 0.25) is 0 Å². The number of anilines is 3. The Morgan fingerprint density at radius 2 is 2.00 bits per heavy atom. The average molecular weight is 686 g/mol. The van der Waals surface area contributed by atoms with Crippen LogP contribution in [0.15, 0.2) is 30.6 Å². The number of nitriles is 1. The Bertz CT molecular complexity index is 1030. The van der Waals surface area contributed by atoms with Gasteiger partial charge in [0, 0.05) is 56.7 Å². The molecule has 178 valence electrons. The van der Waals surface area contributed by atoms with Crippen LogP contribution in [0.25, 0.3) is 0 Å². The van der Waals surface area contributed by atoms with Crippen molar-refractivity contribution in [3.63, 3.8) is 0 Å². The quantitative estimate of drug-likeness (QED) is 0.354. The summed E-state index contributed by atoms with van der Waals surface area (Å²) >= 11 is 0. The third kappa shape index (κ3) is 5.92. The van der Waals surface area contributed by atoms with Gasteiger partial charge in [-0.3, -0.25) is 4.98 Å². The molecule has 2 aromatic rings. The van der Waals surface area contributed by atoms with Gasteiger partial charge in [0.05, 0.1) is 41.8 Å². The predicted molar refractivity (Wildman–Crippen MR) is 128 cm³/mol. The zero-order chi connectivity index (χ0) is 23.6. The molecule has 2 unspecified atom stereocenters. The van der Waals surface area contributed by atoms with Gasteiger partial charge in [0.15, 0.2) is 0 Å². The first-order valence-electron chi connectivity index (χ1n) is 11.5. The number of aliphatic hydroxyl groups is 1. The summed E-state index contributed by atoms with van der Waals surface area (Å²) in [7, 11) is 2.08. The van der Waals surface area contributed by atoms with Crippen LogP contribution in [0, 0.1) is 54.3 Å². The molecule has 8 nitrogen and oxygen atoms in total. The monoisotopic (exact) mass is 685 g/mol. The summed E-state index contributed by atoms with van der Waals surface area (Å²) in [6.07, 6.45) is 9.44. The second-order valence-corrected chi connectivity index (χ2v) is 9.80. The third-order valence-corrected chi connectivity index (χ3v) is 6.70. The minimum atomic E-state index is -1.08. The van der Waals surface area contributed by atoms with E-state index < -0.39 is 5.60 Å². The fourth-order valence-corrected chi connectivity index (χ4v) is 4.99. The van der Waals surface area contributed by atoms with Crippen molar-refractivity contribution in [2.45, 2.75) is 45.1 Å². The van der Waals surface area contributed by atoms with Gasteiger partial charge in [-0.2, -0.15) is 5.26 Å². The molecule has 2 aliphatic rings. The molecule has 0 radical (unpaired) electrons. The van der Waals surface area contributed by atoms with Crippen LogP contribution in [0.1, 0.15) is 50.8 Å². The molecule has 9 heteroatoms. The Labute approximate surface area is 225 Å². The number of amides is 1. The van der Waals surface area contributed by atoms with Gasteiger partial charge in [0.25, 0.3) is 0 Å². The number of carbonyl (C=O) groups excluding carboxylic acids is 1. The summed E-state index contributed by atoms with van der Waals surface area (Å²) in [5.41, 5.74) is 2.36. The Hall–Kier alpha value is -2.13. The van der Waals surface area contributed by atoms with Crippen molar-refractivity contribution in [2.75, 3.05) is 41.5 Å².